The predicted molar refractivity (Wildman–Crippen MR) is 58.5 cm³/mol. The normalized spacial score (nSPS) is 14.7. The topological polar surface area (TPSA) is 66.4 Å². The molecule has 0 aliphatic carbocycles. The lowest BCUT2D eigenvalue weighted by Crippen LogP contribution is -2.42. The zero-order chi connectivity index (χ0) is 12.0. The van der Waals surface area contributed by atoms with Gasteiger partial charge in [-0.2, -0.15) is 0 Å². The van der Waals surface area contributed by atoms with Crippen molar-refractivity contribution in [2.24, 2.45) is 11.8 Å². The second kappa shape index (κ2) is 6.43. The fraction of sp³-hybridized carbons (Fsp3) is 0.818. The number of rotatable bonds is 6. The molecule has 2 N–H and O–H groups in total. The van der Waals surface area contributed by atoms with Gasteiger partial charge >= 0.3 is 5.97 Å². The van der Waals surface area contributed by atoms with Crippen molar-refractivity contribution in [2.45, 2.75) is 46.6 Å². The second-order valence-corrected chi connectivity index (χ2v) is 3.93. The molecule has 0 aromatic carbocycles. The van der Waals surface area contributed by atoms with Crippen molar-refractivity contribution in [3.63, 3.8) is 0 Å². The predicted octanol–water partition coefficient (Wildman–Crippen LogP) is 1.65. The molecule has 88 valence electrons. The number of carbonyl (C=O) groups excluding carboxylic acids is 1. The summed E-state index contributed by atoms with van der Waals surface area (Å²) in [6.07, 6.45) is 1.97. The Bertz CT molecular complexity index is 224. The maximum atomic E-state index is 11.4. The smallest absolute Gasteiger partial charge is 0.315 e. The van der Waals surface area contributed by atoms with Crippen molar-refractivity contribution in [3.05, 3.63) is 0 Å². The minimum atomic E-state index is -1.08. The summed E-state index contributed by atoms with van der Waals surface area (Å²) in [4.78, 5) is 22.0. The Labute approximate surface area is 91.1 Å². The molecule has 0 saturated heterocycles. The average molecular weight is 215 g/mol. The van der Waals surface area contributed by atoms with Crippen LogP contribution in [0.3, 0.4) is 0 Å². The molecule has 0 spiro atoms. The van der Waals surface area contributed by atoms with E-state index in [9.17, 15) is 9.59 Å². The molecule has 0 aromatic rings. The minimum Gasteiger partial charge on any atom is -0.481 e. The van der Waals surface area contributed by atoms with Gasteiger partial charge < -0.3 is 10.4 Å². The Hall–Kier alpha value is -1.06. The molecule has 1 amide bonds. The number of nitrogens with one attached hydrogen (secondary N) is 1. The van der Waals surface area contributed by atoms with E-state index in [2.05, 4.69) is 19.2 Å². The first-order valence-electron chi connectivity index (χ1n) is 5.47. The van der Waals surface area contributed by atoms with Crippen LogP contribution in [0.1, 0.15) is 40.5 Å². The van der Waals surface area contributed by atoms with E-state index in [4.69, 9.17) is 5.11 Å². The first kappa shape index (κ1) is 13.9. The molecule has 0 saturated carbocycles. The highest BCUT2D eigenvalue weighted by Crippen LogP contribution is 2.13. The van der Waals surface area contributed by atoms with Crippen LogP contribution in [-0.4, -0.2) is 23.0 Å². The zero-order valence-electron chi connectivity index (χ0n) is 9.91. The van der Waals surface area contributed by atoms with Crippen LogP contribution in [-0.2, 0) is 9.59 Å². The van der Waals surface area contributed by atoms with Gasteiger partial charge in [-0.1, -0.05) is 26.7 Å². The van der Waals surface area contributed by atoms with Crippen molar-refractivity contribution < 1.29 is 14.7 Å². The average Bonchev–Trinajstić information content (AvgIpc) is 2.18. The van der Waals surface area contributed by atoms with Crippen molar-refractivity contribution in [1.82, 2.24) is 5.32 Å². The standard InChI is InChI=1S/C11H21NO3/c1-5-9(6-2)8(4)12-10(13)7(3)11(14)15/h7-9H,5-6H2,1-4H3,(H,12,13)(H,14,15). The monoisotopic (exact) mass is 215 g/mol. The van der Waals surface area contributed by atoms with Crippen molar-refractivity contribution >= 4 is 11.9 Å². The van der Waals surface area contributed by atoms with Crippen LogP contribution in [0.25, 0.3) is 0 Å². The van der Waals surface area contributed by atoms with E-state index >= 15 is 0 Å². The number of amides is 1. The van der Waals surface area contributed by atoms with Gasteiger partial charge in [-0.3, -0.25) is 9.59 Å². The SMILES string of the molecule is CCC(CC)C(C)NC(=O)C(C)C(=O)O. The van der Waals surface area contributed by atoms with Gasteiger partial charge in [0.25, 0.3) is 0 Å². The lowest BCUT2D eigenvalue weighted by molar-refractivity contribution is -0.146. The fourth-order valence-electron chi connectivity index (χ4n) is 1.58. The van der Waals surface area contributed by atoms with Crippen LogP contribution >= 0.6 is 0 Å². The van der Waals surface area contributed by atoms with Gasteiger partial charge in [0.2, 0.25) is 5.91 Å². The van der Waals surface area contributed by atoms with Gasteiger partial charge in [0.05, 0.1) is 0 Å². The zero-order valence-corrected chi connectivity index (χ0v) is 9.91. The molecule has 4 nitrogen and oxygen atoms in total. The van der Waals surface area contributed by atoms with Gasteiger partial charge in [-0.05, 0) is 19.8 Å². The third kappa shape index (κ3) is 4.32. The minimum absolute atomic E-state index is 0.0364. The van der Waals surface area contributed by atoms with Gasteiger partial charge in [-0.15, -0.1) is 0 Å². The first-order valence-corrected chi connectivity index (χ1v) is 5.47. The van der Waals surface area contributed by atoms with E-state index < -0.39 is 17.8 Å². The Morgan fingerprint density at radius 1 is 1.20 bits per heavy atom. The molecule has 0 fully saturated rings. The van der Waals surface area contributed by atoms with Crippen LogP contribution < -0.4 is 5.32 Å². The van der Waals surface area contributed by atoms with Crippen molar-refractivity contribution in [3.8, 4) is 0 Å². The summed E-state index contributed by atoms with van der Waals surface area (Å²) in [7, 11) is 0. The molecule has 0 heterocycles. The summed E-state index contributed by atoms with van der Waals surface area (Å²) in [5.41, 5.74) is 0. The molecule has 0 aromatic heterocycles. The van der Waals surface area contributed by atoms with Gasteiger partial charge in [0.15, 0.2) is 0 Å². The second-order valence-electron chi connectivity index (χ2n) is 3.93. The van der Waals surface area contributed by atoms with Crippen LogP contribution in [0.15, 0.2) is 0 Å². The Morgan fingerprint density at radius 3 is 2.00 bits per heavy atom. The summed E-state index contributed by atoms with van der Waals surface area (Å²) in [5, 5.41) is 11.4. The number of carbonyl (C=O) groups is 2. The summed E-state index contributed by atoms with van der Waals surface area (Å²) in [6, 6.07) is 0.0364. The first-order chi connectivity index (χ1) is 6.93. The Balaban J connectivity index is 4.22. The lowest BCUT2D eigenvalue weighted by atomic mass is 9.95. The fourth-order valence-corrected chi connectivity index (χ4v) is 1.58. The van der Waals surface area contributed by atoms with Crippen LogP contribution in [0, 0.1) is 11.8 Å². The number of aliphatic carboxylic acids is 1. The molecular weight excluding hydrogens is 194 g/mol. The molecule has 15 heavy (non-hydrogen) atoms. The molecule has 0 rings (SSSR count). The summed E-state index contributed by atoms with van der Waals surface area (Å²) in [6.45, 7) is 7.45. The molecule has 2 unspecified atom stereocenters. The maximum Gasteiger partial charge on any atom is 0.315 e. The van der Waals surface area contributed by atoms with Crippen molar-refractivity contribution in [2.75, 3.05) is 0 Å². The highest BCUT2D eigenvalue weighted by atomic mass is 16.4. The van der Waals surface area contributed by atoms with Gasteiger partial charge in [-0.25, -0.2) is 0 Å². The van der Waals surface area contributed by atoms with E-state index in [0.717, 1.165) is 12.8 Å². The van der Waals surface area contributed by atoms with Crippen LogP contribution in [0.2, 0.25) is 0 Å². The van der Waals surface area contributed by atoms with Gasteiger partial charge in [0.1, 0.15) is 5.92 Å². The molecule has 0 radical (unpaired) electrons. The molecule has 0 bridgehead atoms. The largest absolute Gasteiger partial charge is 0.481 e. The number of hydrogen-bond donors (Lipinski definition) is 2. The number of carboxylic acid groups (broad SMARTS) is 1. The highest BCUT2D eigenvalue weighted by Gasteiger charge is 2.23. The van der Waals surface area contributed by atoms with Crippen LogP contribution in [0.4, 0.5) is 0 Å². The number of carboxylic acids is 1. The van der Waals surface area contributed by atoms with E-state index in [1.165, 1.54) is 6.92 Å². The summed E-state index contributed by atoms with van der Waals surface area (Å²) in [5.74, 6) is -2.04. The Morgan fingerprint density at radius 2 is 1.67 bits per heavy atom. The molecule has 2 atom stereocenters. The van der Waals surface area contributed by atoms with Gasteiger partial charge in [0, 0.05) is 6.04 Å². The highest BCUT2D eigenvalue weighted by molar-refractivity contribution is 5.96. The summed E-state index contributed by atoms with van der Waals surface area (Å²) < 4.78 is 0. The van der Waals surface area contributed by atoms with E-state index in [-0.39, 0.29) is 6.04 Å². The third-order valence-electron chi connectivity index (χ3n) is 2.89. The maximum absolute atomic E-state index is 11.4. The van der Waals surface area contributed by atoms with E-state index in [0.29, 0.717) is 5.92 Å². The molecular formula is C11H21NO3. The lowest BCUT2D eigenvalue weighted by Gasteiger charge is -2.23. The molecule has 0 aliphatic rings. The van der Waals surface area contributed by atoms with Crippen molar-refractivity contribution in [1.29, 1.82) is 0 Å². The summed E-state index contributed by atoms with van der Waals surface area (Å²) >= 11 is 0. The Kier molecular flexibility index (Phi) is 5.97. The van der Waals surface area contributed by atoms with E-state index in [1.54, 1.807) is 0 Å². The molecule has 4 heteroatoms. The third-order valence-corrected chi connectivity index (χ3v) is 2.89. The van der Waals surface area contributed by atoms with E-state index in [1.807, 2.05) is 6.92 Å². The molecule has 0 aliphatic heterocycles. The van der Waals surface area contributed by atoms with Crippen LogP contribution in [0.5, 0.6) is 0 Å². The quantitative estimate of drug-likeness (QED) is 0.662. The number of hydrogen-bond acceptors (Lipinski definition) is 2.